The molecule has 1 fully saturated rings. The Kier molecular flexibility index (Phi) is 2.91. The number of nitrogens with one attached hydrogen (secondary N) is 1. The number of aromatic nitrogens is 2. The first-order valence-electron chi connectivity index (χ1n) is 4.92. The van der Waals surface area contributed by atoms with Gasteiger partial charge in [-0.1, -0.05) is 6.92 Å². The molecular weight excluding hydrogens is 194 g/mol. The number of rotatable bonds is 3. The molecule has 1 saturated carbocycles. The third-order valence-corrected chi connectivity index (χ3v) is 3.45. The molecule has 1 aromatic heterocycles. The van der Waals surface area contributed by atoms with Gasteiger partial charge in [-0.2, -0.15) is 0 Å². The first-order valence-corrected chi connectivity index (χ1v) is 6.14. The van der Waals surface area contributed by atoms with E-state index >= 15 is 0 Å². The van der Waals surface area contributed by atoms with E-state index in [0.717, 1.165) is 16.8 Å². The van der Waals surface area contributed by atoms with E-state index < -0.39 is 0 Å². The van der Waals surface area contributed by atoms with Crippen LogP contribution in [0.1, 0.15) is 19.8 Å². The van der Waals surface area contributed by atoms with Gasteiger partial charge >= 0.3 is 0 Å². The third-order valence-electron chi connectivity index (χ3n) is 2.80. The number of hydrogen-bond acceptors (Lipinski definition) is 4. The summed E-state index contributed by atoms with van der Waals surface area (Å²) in [4.78, 5) is 8.35. The first-order chi connectivity index (χ1) is 6.79. The largest absolute Gasteiger partial charge is 0.367 e. The Morgan fingerprint density at radius 1 is 1.43 bits per heavy atom. The number of hydrogen-bond donors (Lipinski definition) is 1. The lowest BCUT2D eigenvalue weighted by atomic mass is 9.81. The van der Waals surface area contributed by atoms with Crippen molar-refractivity contribution >= 4 is 17.6 Å². The maximum Gasteiger partial charge on any atom is 0.130 e. The highest BCUT2D eigenvalue weighted by atomic mass is 32.2. The Morgan fingerprint density at radius 2 is 2.29 bits per heavy atom. The summed E-state index contributed by atoms with van der Waals surface area (Å²) >= 11 is 1.65. The van der Waals surface area contributed by atoms with Gasteiger partial charge in [0, 0.05) is 12.1 Å². The molecule has 76 valence electrons. The zero-order valence-corrected chi connectivity index (χ0v) is 9.34. The third kappa shape index (κ3) is 2.00. The smallest absolute Gasteiger partial charge is 0.130 e. The van der Waals surface area contributed by atoms with Gasteiger partial charge in [0.25, 0.3) is 0 Å². The molecule has 3 nitrogen and oxygen atoms in total. The van der Waals surface area contributed by atoms with E-state index in [4.69, 9.17) is 0 Å². The molecule has 0 aliphatic heterocycles. The van der Waals surface area contributed by atoms with E-state index in [-0.39, 0.29) is 0 Å². The minimum absolute atomic E-state index is 0.611. The van der Waals surface area contributed by atoms with Crippen LogP contribution < -0.4 is 5.32 Å². The summed E-state index contributed by atoms with van der Waals surface area (Å²) in [6.45, 7) is 2.28. The van der Waals surface area contributed by atoms with Gasteiger partial charge in [-0.3, -0.25) is 0 Å². The number of anilines is 1. The molecule has 2 rings (SSSR count). The molecule has 1 aliphatic carbocycles. The minimum atomic E-state index is 0.611. The molecule has 1 N–H and O–H groups in total. The van der Waals surface area contributed by atoms with Gasteiger partial charge in [-0.05, 0) is 25.0 Å². The molecule has 1 aromatic rings. The highest BCUT2D eigenvalue weighted by molar-refractivity contribution is 7.98. The van der Waals surface area contributed by atoms with Crippen LogP contribution in [-0.2, 0) is 0 Å². The van der Waals surface area contributed by atoms with Gasteiger partial charge in [-0.25, -0.2) is 9.97 Å². The van der Waals surface area contributed by atoms with Crippen LogP contribution in [0.3, 0.4) is 0 Å². The lowest BCUT2D eigenvalue weighted by Crippen LogP contribution is -2.36. The molecule has 0 spiro atoms. The fraction of sp³-hybridized carbons (Fsp3) is 0.600. The van der Waals surface area contributed by atoms with Crippen molar-refractivity contribution in [1.29, 1.82) is 0 Å². The van der Waals surface area contributed by atoms with Crippen molar-refractivity contribution < 1.29 is 0 Å². The summed E-state index contributed by atoms with van der Waals surface area (Å²) in [6, 6.07) is 2.62. The highest BCUT2D eigenvalue weighted by Gasteiger charge is 2.26. The second-order valence-corrected chi connectivity index (χ2v) is 4.58. The predicted molar refractivity (Wildman–Crippen MR) is 59.6 cm³/mol. The highest BCUT2D eigenvalue weighted by Crippen LogP contribution is 2.29. The van der Waals surface area contributed by atoms with Crippen LogP contribution in [0.5, 0.6) is 0 Å². The summed E-state index contributed by atoms with van der Waals surface area (Å²) in [6.07, 6.45) is 6.24. The minimum Gasteiger partial charge on any atom is -0.367 e. The van der Waals surface area contributed by atoms with Crippen LogP contribution in [0.2, 0.25) is 0 Å². The Morgan fingerprint density at radius 3 is 2.86 bits per heavy atom. The Bertz CT molecular complexity index is 316. The summed E-state index contributed by atoms with van der Waals surface area (Å²) in [7, 11) is 0. The normalized spacial score (nSPS) is 25.6. The van der Waals surface area contributed by atoms with Crippen molar-refractivity contribution in [2.75, 3.05) is 11.6 Å². The van der Waals surface area contributed by atoms with Crippen LogP contribution in [0.15, 0.2) is 17.4 Å². The van der Waals surface area contributed by atoms with Crippen molar-refractivity contribution in [3.05, 3.63) is 12.4 Å². The summed E-state index contributed by atoms with van der Waals surface area (Å²) in [5, 5.41) is 4.46. The van der Waals surface area contributed by atoms with Crippen molar-refractivity contribution in [3.63, 3.8) is 0 Å². The predicted octanol–water partition coefficient (Wildman–Crippen LogP) is 2.41. The zero-order valence-electron chi connectivity index (χ0n) is 8.53. The average molecular weight is 209 g/mol. The van der Waals surface area contributed by atoms with Crippen LogP contribution in [0.25, 0.3) is 0 Å². The topological polar surface area (TPSA) is 37.8 Å². The van der Waals surface area contributed by atoms with Crippen molar-refractivity contribution in [2.24, 2.45) is 5.92 Å². The van der Waals surface area contributed by atoms with Gasteiger partial charge in [0.05, 0.1) is 0 Å². The maximum absolute atomic E-state index is 4.21. The molecule has 1 heterocycles. The number of thioether (sulfide) groups is 1. The van der Waals surface area contributed by atoms with Crippen LogP contribution in [0.4, 0.5) is 5.82 Å². The molecule has 0 aromatic carbocycles. The second kappa shape index (κ2) is 4.17. The fourth-order valence-electron chi connectivity index (χ4n) is 1.60. The molecular formula is C10H15N3S. The van der Waals surface area contributed by atoms with Gasteiger partial charge in [0.2, 0.25) is 0 Å². The van der Waals surface area contributed by atoms with E-state index in [9.17, 15) is 0 Å². The monoisotopic (exact) mass is 209 g/mol. The molecule has 2 unspecified atom stereocenters. The first kappa shape index (κ1) is 9.77. The second-order valence-electron chi connectivity index (χ2n) is 3.75. The lowest BCUT2D eigenvalue weighted by Gasteiger charge is -2.34. The van der Waals surface area contributed by atoms with Crippen molar-refractivity contribution in [3.8, 4) is 0 Å². The van der Waals surface area contributed by atoms with Crippen LogP contribution >= 0.6 is 11.8 Å². The van der Waals surface area contributed by atoms with Crippen molar-refractivity contribution in [1.82, 2.24) is 9.97 Å². The standard InChI is InChI=1S/C10H15N3S/c1-7-3-4-8(7)13-9-5-10(14-2)12-6-11-9/h5-8H,3-4H2,1-2H3,(H,11,12,13). The summed E-state index contributed by atoms with van der Waals surface area (Å²) in [5.41, 5.74) is 0. The molecule has 2 atom stereocenters. The summed E-state index contributed by atoms with van der Waals surface area (Å²) < 4.78 is 0. The van der Waals surface area contributed by atoms with Gasteiger partial charge in [0.1, 0.15) is 17.2 Å². The van der Waals surface area contributed by atoms with E-state index in [2.05, 4.69) is 22.2 Å². The molecule has 14 heavy (non-hydrogen) atoms. The Labute approximate surface area is 88.7 Å². The van der Waals surface area contributed by atoms with E-state index in [1.165, 1.54) is 12.8 Å². The quantitative estimate of drug-likeness (QED) is 0.613. The van der Waals surface area contributed by atoms with Gasteiger partial charge in [0.15, 0.2) is 0 Å². The van der Waals surface area contributed by atoms with Gasteiger partial charge < -0.3 is 5.32 Å². The molecule has 0 radical (unpaired) electrons. The SMILES string of the molecule is CSc1cc(NC2CCC2C)ncn1. The summed E-state index contributed by atoms with van der Waals surface area (Å²) in [5.74, 6) is 1.74. The Hall–Kier alpha value is -0.770. The average Bonchev–Trinajstić information content (AvgIpc) is 2.24. The molecule has 1 aliphatic rings. The number of nitrogens with zero attached hydrogens (tertiary/aromatic N) is 2. The fourth-order valence-corrected chi connectivity index (χ4v) is 1.98. The van der Waals surface area contributed by atoms with E-state index in [0.29, 0.717) is 6.04 Å². The Balaban J connectivity index is 2.01. The van der Waals surface area contributed by atoms with Gasteiger partial charge in [-0.15, -0.1) is 11.8 Å². The molecule has 0 amide bonds. The molecule has 0 saturated heterocycles. The van der Waals surface area contributed by atoms with E-state index in [1.54, 1.807) is 18.1 Å². The zero-order chi connectivity index (χ0) is 9.97. The maximum atomic E-state index is 4.21. The molecule has 4 heteroatoms. The van der Waals surface area contributed by atoms with Crippen LogP contribution in [0, 0.1) is 5.92 Å². The lowest BCUT2D eigenvalue weighted by molar-refractivity contribution is 0.303. The van der Waals surface area contributed by atoms with E-state index in [1.807, 2.05) is 12.3 Å². The van der Waals surface area contributed by atoms with Crippen LogP contribution in [-0.4, -0.2) is 22.3 Å². The van der Waals surface area contributed by atoms with Crippen molar-refractivity contribution in [2.45, 2.75) is 30.8 Å². The molecule has 0 bridgehead atoms.